The zero-order valence-electron chi connectivity index (χ0n) is 12.3. The van der Waals surface area contributed by atoms with Gasteiger partial charge in [-0.15, -0.1) is 0 Å². The predicted octanol–water partition coefficient (Wildman–Crippen LogP) is 2.12. The Balaban J connectivity index is 2.49. The number of aryl methyl sites for hydroxylation is 1. The molecule has 1 amide bonds. The van der Waals surface area contributed by atoms with Crippen LogP contribution in [0.1, 0.15) is 32.9 Å². The number of anilines is 1. The Kier molecular flexibility index (Phi) is 5.15. The van der Waals surface area contributed by atoms with Gasteiger partial charge in [-0.25, -0.2) is 0 Å². The van der Waals surface area contributed by atoms with Crippen LogP contribution >= 0.6 is 0 Å². The summed E-state index contributed by atoms with van der Waals surface area (Å²) in [7, 11) is 1.60. The Morgan fingerprint density at radius 1 is 1.42 bits per heavy atom. The molecule has 1 heterocycles. The standard InChI is InChI=1S/C14H23N3O2/c1-10-8-11(12(19-5)9-16-10)15-7-6-13(18)17-14(2,3)4/h8-9H,6-7H2,1-5H3,(H,15,16)(H,17,18). The lowest BCUT2D eigenvalue weighted by Crippen LogP contribution is -2.41. The van der Waals surface area contributed by atoms with Gasteiger partial charge in [0.15, 0.2) is 5.75 Å². The van der Waals surface area contributed by atoms with Crippen LogP contribution in [0.2, 0.25) is 0 Å². The van der Waals surface area contributed by atoms with Gasteiger partial charge < -0.3 is 15.4 Å². The minimum Gasteiger partial charge on any atom is -0.493 e. The molecule has 5 nitrogen and oxygen atoms in total. The van der Waals surface area contributed by atoms with Crippen molar-refractivity contribution >= 4 is 11.6 Å². The number of nitrogens with zero attached hydrogens (tertiary/aromatic N) is 1. The highest BCUT2D eigenvalue weighted by molar-refractivity contribution is 5.77. The molecule has 0 spiro atoms. The van der Waals surface area contributed by atoms with Crippen molar-refractivity contribution in [3.63, 3.8) is 0 Å². The van der Waals surface area contributed by atoms with Crippen molar-refractivity contribution in [2.24, 2.45) is 0 Å². The second-order valence-electron chi connectivity index (χ2n) is 5.50. The molecule has 0 unspecified atom stereocenters. The van der Waals surface area contributed by atoms with Gasteiger partial charge in [0.1, 0.15) is 0 Å². The highest BCUT2D eigenvalue weighted by Crippen LogP contribution is 2.23. The molecule has 0 bridgehead atoms. The molecular formula is C14H23N3O2. The summed E-state index contributed by atoms with van der Waals surface area (Å²) >= 11 is 0. The molecule has 0 atom stereocenters. The van der Waals surface area contributed by atoms with Crippen molar-refractivity contribution in [1.82, 2.24) is 10.3 Å². The first-order valence-electron chi connectivity index (χ1n) is 6.37. The summed E-state index contributed by atoms with van der Waals surface area (Å²) < 4.78 is 5.21. The van der Waals surface area contributed by atoms with Crippen LogP contribution in [0.4, 0.5) is 5.69 Å². The molecule has 1 aromatic rings. The van der Waals surface area contributed by atoms with Gasteiger partial charge in [-0.05, 0) is 33.8 Å². The number of hydrogen-bond acceptors (Lipinski definition) is 4. The smallest absolute Gasteiger partial charge is 0.222 e. The molecule has 5 heteroatoms. The van der Waals surface area contributed by atoms with E-state index >= 15 is 0 Å². The number of hydrogen-bond donors (Lipinski definition) is 2. The van der Waals surface area contributed by atoms with Crippen LogP contribution in [-0.2, 0) is 4.79 Å². The fourth-order valence-electron chi connectivity index (χ4n) is 1.64. The second kappa shape index (κ2) is 6.41. The van der Waals surface area contributed by atoms with E-state index in [0.717, 1.165) is 11.4 Å². The van der Waals surface area contributed by atoms with Crippen molar-refractivity contribution in [3.8, 4) is 5.75 Å². The minimum absolute atomic E-state index is 0.0322. The predicted molar refractivity (Wildman–Crippen MR) is 76.5 cm³/mol. The largest absolute Gasteiger partial charge is 0.493 e. The monoisotopic (exact) mass is 265 g/mol. The molecule has 0 aromatic carbocycles. The van der Waals surface area contributed by atoms with Crippen molar-refractivity contribution < 1.29 is 9.53 Å². The first kappa shape index (κ1) is 15.3. The van der Waals surface area contributed by atoms with Crippen LogP contribution in [0.3, 0.4) is 0 Å². The normalized spacial score (nSPS) is 11.0. The maximum absolute atomic E-state index is 11.7. The zero-order valence-corrected chi connectivity index (χ0v) is 12.3. The minimum atomic E-state index is -0.192. The van der Waals surface area contributed by atoms with Gasteiger partial charge in [0.2, 0.25) is 5.91 Å². The van der Waals surface area contributed by atoms with E-state index in [9.17, 15) is 4.79 Å². The average Bonchev–Trinajstić information content (AvgIpc) is 2.27. The molecule has 0 aliphatic heterocycles. The van der Waals surface area contributed by atoms with Crippen LogP contribution in [0, 0.1) is 6.92 Å². The Morgan fingerprint density at radius 3 is 2.68 bits per heavy atom. The van der Waals surface area contributed by atoms with Crippen molar-refractivity contribution in [2.45, 2.75) is 39.7 Å². The average molecular weight is 265 g/mol. The molecule has 1 aromatic heterocycles. The van der Waals surface area contributed by atoms with Crippen LogP contribution in [-0.4, -0.2) is 30.1 Å². The Bertz CT molecular complexity index is 439. The van der Waals surface area contributed by atoms with Crippen LogP contribution in [0.5, 0.6) is 5.75 Å². The van der Waals surface area contributed by atoms with Gasteiger partial charge in [0.25, 0.3) is 0 Å². The first-order valence-corrected chi connectivity index (χ1v) is 6.37. The lowest BCUT2D eigenvalue weighted by Gasteiger charge is -2.20. The second-order valence-corrected chi connectivity index (χ2v) is 5.50. The van der Waals surface area contributed by atoms with Crippen molar-refractivity contribution in [2.75, 3.05) is 19.0 Å². The quantitative estimate of drug-likeness (QED) is 0.856. The molecule has 0 fully saturated rings. The van der Waals surface area contributed by atoms with Gasteiger partial charge in [-0.3, -0.25) is 9.78 Å². The number of aromatic nitrogens is 1. The number of carbonyl (C=O) groups is 1. The third-order valence-electron chi connectivity index (χ3n) is 2.41. The van der Waals surface area contributed by atoms with E-state index < -0.39 is 0 Å². The van der Waals surface area contributed by atoms with Crippen molar-refractivity contribution in [1.29, 1.82) is 0 Å². The fraction of sp³-hybridized carbons (Fsp3) is 0.571. The summed E-state index contributed by atoms with van der Waals surface area (Å²) in [6.07, 6.45) is 2.09. The number of pyridine rings is 1. The Morgan fingerprint density at radius 2 is 2.11 bits per heavy atom. The van der Waals surface area contributed by atoms with E-state index in [1.807, 2.05) is 33.8 Å². The first-order chi connectivity index (χ1) is 8.81. The number of rotatable bonds is 5. The number of ether oxygens (including phenoxy) is 1. The third kappa shape index (κ3) is 5.59. The van der Waals surface area contributed by atoms with E-state index in [1.54, 1.807) is 13.3 Å². The van der Waals surface area contributed by atoms with Gasteiger partial charge in [0, 0.05) is 24.2 Å². The summed E-state index contributed by atoms with van der Waals surface area (Å²) in [5, 5.41) is 6.12. The van der Waals surface area contributed by atoms with Crippen LogP contribution in [0.25, 0.3) is 0 Å². The summed E-state index contributed by atoms with van der Waals surface area (Å²) in [6.45, 7) is 8.37. The topological polar surface area (TPSA) is 63.2 Å². The van der Waals surface area contributed by atoms with Gasteiger partial charge in [0.05, 0.1) is 19.0 Å². The van der Waals surface area contributed by atoms with Crippen LogP contribution < -0.4 is 15.4 Å². The molecule has 19 heavy (non-hydrogen) atoms. The number of methoxy groups -OCH3 is 1. The van der Waals surface area contributed by atoms with E-state index in [-0.39, 0.29) is 11.4 Å². The van der Waals surface area contributed by atoms with E-state index in [1.165, 1.54) is 0 Å². The Labute approximate surface area is 114 Å². The number of amides is 1. The van der Waals surface area contributed by atoms with E-state index in [4.69, 9.17) is 4.74 Å². The summed E-state index contributed by atoms with van der Waals surface area (Å²) in [6, 6.07) is 1.90. The molecular weight excluding hydrogens is 242 g/mol. The number of carbonyl (C=O) groups excluding carboxylic acids is 1. The zero-order chi connectivity index (χ0) is 14.5. The SMILES string of the molecule is COc1cnc(C)cc1NCCC(=O)NC(C)(C)C. The molecule has 2 N–H and O–H groups in total. The molecule has 106 valence electrons. The van der Waals surface area contributed by atoms with Gasteiger partial charge in [-0.2, -0.15) is 0 Å². The summed E-state index contributed by atoms with van der Waals surface area (Å²) in [5.41, 5.74) is 1.57. The summed E-state index contributed by atoms with van der Waals surface area (Å²) in [5.74, 6) is 0.714. The van der Waals surface area contributed by atoms with E-state index in [2.05, 4.69) is 15.6 Å². The third-order valence-corrected chi connectivity index (χ3v) is 2.41. The molecule has 0 saturated carbocycles. The van der Waals surface area contributed by atoms with Gasteiger partial charge >= 0.3 is 0 Å². The molecule has 0 radical (unpaired) electrons. The lowest BCUT2D eigenvalue weighted by atomic mass is 10.1. The molecule has 0 aliphatic carbocycles. The Hall–Kier alpha value is -1.78. The van der Waals surface area contributed by atoms with E-state index in [0.29, 0.717) is 18.7 Å². The highest BCUT2D eigenvalue weighted by atomic mass is 16.5. The van der Waals surface area contributed by atoms with Gasteiger partial charge in [-0.1, -0.05) is 0 Å². The maximum Gasteiger partial charge on any atom is 0.222 e. The molecule has 0 aliphatic rings. The maximum atomic E-state index is 11.7. The molecule has 0 saturated heterocycles. The molecule has 1 rings (SSSR count). The summed E-state index contributed by atoms with van der Waals surface area (Å²) in [4.78, 5) is 15.8. The fourth-order valence-corrected chi connectivity index (χ4v) is 1.64. The highest BCUT2D eigenvalue weighted by Gasteiger charge is 2.13. The van der Waals surface area contributed by atoms with Crippen molar-refractivity contribution in [3.05, 3.63) is 18.0 Å². The number of nitrogens with one attached hydrogen (secondary N) is 2. The van der Waals surface area contributed by atoms with Crippen LogP contribution in [0.15, 0.2) is 12.3 Å². The lowest BCUT2D eigenvalue weighted by molar-refractivity contribution is -0.122.